The van der Waals surface area contributed by atoms with E-state index in [1.165, 1.54) is 11.1 Å². The average molecular weight is 434 g/mol. The second-order valence-electron chi connectivity index (χ2n) is 9.37. The summed E-state index contributed by atoms with van der Waals surface area (Å²) in [6, 6.07) is 0. The Morgan fingerprint density at radius 2 is 1.56 bits per heavy atom. The van der Waals surface area contributed by atoms with E-state index in [9.17, 15) is 5.11 Å². The van der Waals surface area contributed by atoms with E-state index in [0.29, 0.717) is 0 Å². The summed E-state index contributed by atoms with van der Waals surface area (Å²) in [5, 5.41) is 10.2. The van der Waals surface area contributed by atoms with Crippen LogP contribution in [-0.4, -0.2) is 30.5 Å². The minimum atomic E-state index is -1.64. The maximum atomic E-state index is 9.95. The van der Waals surface area contributed by atoms with E-state index in [4.69, 9.17) is 4.43 Å². The molecule has 0 aromatic rings. The van der Waals surface area contributed by atoms with E-state index in [1.54, 1.807) is 0 Å². The summed E-state index contributed by atoms with van der Waals surface area (Å²) in [5.74, 6) is 0. The predicted molar refractivity (Wildman–Crippen MR) is 118 cm³/mol. The van der Waals surface area contributed by atoms with Gasteiger partial charge in [0.2, 0.25) is 0 Å². The summed E-state index contributed by atoms with van der Waals surface area (Å²) < 4.78 is 6.21. The maximum Gasteiger partial charge on any atom is 0.192 e. The van der Waals surface area contributed by atoms with Crippen molar-refractivity contribution in [3.8, 4) is 0 Å². The molecule has 0 aliphatic rings. The molecule has 0 saturated carbocycles. The monoisotopic (exact) mass is 432 g/mol. The van der Waals surface area contributed by atoms with Crippen molar-refractivity contribution in [3.63, 3.8) is 0 Å². The molecule has 0 aliphatic carbocycles. The van der Waals surface area contributed by atoms with Crippen molar-refractivity contribution in [2.24, 2.45) is 0 Å². The molecule has 0 saturated heterocycles. The highest BCUT2D eigenvalue weighted by Gasteiger charge is 2.36. The Hall–Kier alpha value is 0.0969. The first-order valence-electron chi connectivity index (χ1n) is 9.48. The number of allylic oxidation sites excluding steroid dienone is 3. The third-order valence-electron chi connectivity index (χ3n) is 5.27. The fraction of sp³-hybridized carbons (Fsp3) is 0.810. The van der Waals surface area contributed by atoms with Crippen LogP contribution in [0.3, 0.4) is 0 Å². The molecule has 0 aliphatic heterocycles. The molecule has 0 heterocycles. The van der Waals surface area contributed by atoms with Gasteiger partial charge in [-0.05, 0) is 71.5 Å². The van der Waals surface area contributed by atoms with Gasteiger partial charge < -0.3 is 9.53 Å². The molecule has 2 nitrogen and oxygen atoms in total. The van der Waals surface area contributed by atoms with Gasteiger partial charge in [-0.15, -0.1) is 0 Å². The molecule has 1 atom stereocenters. The summed E-state index contributed by atoms with van der Waals surface area (Å²) in [6.45, 7) is 20.3. The Labute approximate surface area is 166 Å². The van der Waals surface area contributed by atoms with E-state index >= 15 is 0 Å². The molecule has 25 heavy (non-hydrogen) atoms. The number of rotatable bonds is 10. The topological polar surface area (TPSA) is 29.5 Å². The zero-order valence-electron chi connectivity index (χ0n) is 18.0. The van der Waals surface area contributed by atoms with Crippen LogP contribution in [0.5, 0.6) is 0 Å². The fourth-order valence-electron chi connectivity index (χ4n) is 2.07. The first-order chi connectivity index (χ1) is 11.2. The summed E-state index contributed by atoms with van der Waals surface area (Å²) in [5.41, 5.74) is 2.14. The SMILES string of the molecule is C/C(=C\CO[Si](C)(C)C(C)(C)C)CC/C=C(\C)CCC(Br)C(C)(C)O. The molecule has 0 spiro atoms. The molecule has 0 radical (unpaired) electrons. The van der Waals surface area contributed by atoms with Crippen LogP contribution >= 0.6 is 15.9 Å². The molecule has 4 heteroatoms. The van der Waals surface area contributed by atoms with Gasteiger partial charge in [-0.2, -0.15) is 0 Å². The second kappa shape index (κ2) is 10.4. The minimum absolute atomic E-state index is 0.137. The zero-order valence-corrected chi connectivity index (χ0v) is 20.6. The van der Waals surface area contributed by atoms with Gasteiger partial charge in [0.05, 0.1) is 12.2 Å². The van der Waals surface area contributed by atoms with E-state index < -0.39 is 13.9 Å². The highest BCUT2D eigenvalue weighted by molar-refractivity contribution is 9.09. The Morgan fingerprint density at radius 1 is 1.04 bits per heavy atom. The van der Waals surface area contributed by atoms with Crippen molar-refractivity contribution < 1.29 is 9.53 Å². The lowest BCUT2D eigenvalue weighted by Crippen LogP contribution is -2.40. The summed E-state index contributed by atoms with van der Waals surface area (Å²) in [6.07, 6.45) is 8.71. The molecular weight excluding hydrogens is 392 g/mol. The van der Waals surface area contributed by atoms with Gasteiger partial charge in [0.15, 0.2) is 8.32 Å². The standard InChI is InChI=1S/C21H41BrO2Si/c1-17(13-14-19(22)21(6,7)23)11-10-12-18(2)15-16-24-25(8,9)20(3,4)5/h11,15,19,23H,10,12-14,16H2,1-9H3/b17-11+,18-15+. The lowest BCUT2D eigenvalue weighted by Gasteiger charge is -2.35. The number of halogens is 1. The van der Waals surface area contributed by atoms with Crippen molar-refractivity contribution in [2.45, 2.75) is 103 Å². The third kappa shape index (κ3) is 10.7. The highest BCUT2D eigenvalue weighted by Crippen LogP contribution is 2.36. The number of aliphatic hydroxyl groups is 1. The second-order valence-corrected chi connectivity index (χ2v) is 15.3. The van der Waals surface area contributed by atoms with E-state index in [2.05, 4.69) is 75.8 Å². The van der Waals surface area contributed by atoms with Gasteiger partial charge >= 0.3 is 0 Å². The molecule has 0 rings (SSSR count). The summed E-state index contributed by atoms with van der Waals surface area (Å²) in [4.78, 5) is 0.137. The lowest BCUT2D eigenvalue weighted by molar-refractivity contribution is 0.0774. The molecule has 148 valence electrons. The van der Waals surface area contributed by atoms with E-state index in [1.807, 2.05) is 13.8 Å². The van der Waals surface area contributed by atoms with Crippen LogP contribution in [0.25, 0.3) is 0 Å². The van der Waals surface area contributed by atoms with Gasteiger partial charge in [0.25, 0.3) is 0 Å². The van der Waals surface area contributed by atoms with Crippen LogP contribution in [0.1, 0.15) is 74.1 Å². The smallest absolute Gasteiger partial charge is 0.192 e. The summed E-state index contributed by atoms with van der Waals surface area (Å²) in [7, 11) is -1.64. The Morgan fingerprint density at radius 3 is 2.04 bits per heavy atom. The zero-order chi connectivity index (χ0) is 19.9. The van der Waals surface area contributed by atoms with E-state index in [0.717, 1.165) is 32.3 Å². The molecule has 1 N–H and O–H groups in total. The van der Waals surface area contributed by atoms with Gasteiger partial charge in [-0.25, -0.2) is 0 Å². The summed E-state index contributed by atoms with van der Waals surface area (Å²) >= 11 is 3.58. The van der Waals surface area contributed by atoms with Gasteiger partial charge in [-0.3, -0.25) is 0 Å². The van der Waals surface area contributed by atoms with Crippen molar-refractivity contribution >= 4 is 24.2 Å². The van der Waals surface area contributed by atoms with Gasteiger partial charge in [0.1, 0.15) is 0 Å². The molecule has 0 aromatic heterocycles. The van der Waals surface area contributed by atoms with Crippen molar-refractivity contribution in [1.82, 2.24) is 0 Å². The van der Waals surface area contributed by atoms with Crippen LogP contribution in [0, 0.1) is 0 Å². The molecule has 0 aromatic carbocycles. The molecule has 0 bridgehead atoms. The van der Waals surface area contributed by atoms with Gasteiger partial charge in [-0.1, -0.05) is 60.0 Å². The van der Waals surface area contributed by atoms with Crippen LogP contribution < -0.4 is 0 Å². The van der Waals surface area contributed by atoms with Crippen LogP contribution in [0.2, 0.25) is 18.1 Å². The van der Waals surface area contributed by atoms with Crippen molar-refractivity contribution in [2.75, 3.05) is 6.61 Å². The molecule has 1 unspecified atom stereocenters. The van der Waals surface area contributed by atoms with Crippen molar-refractivity contribution in [1.29, 1.82) is 0 Å². The lowest BCUT2D eigenvalue weighted by atomic mass is 9.98. The van der Waals surface area contributed by atoms with Crippen LogP contribution in [0.15, 0.2) is 23.3 Å². The number of alkyl halides is 1. The third-order valence-corrected chi connectivity index (χ3v) is 11.4. The quantitative estimate of drug-likeness (QED) is 0.228. The normalized spacial score (nSPS) is 16.3. The first kappa shape index (κ1) is 25.1. The Balaban J connectivity index is 4.22. The largest absolute Gasteiger partial charge is 0.413 e. The number of hydrogen-bond donors (Lipinski definition) is 1. The minimum Gasteiger partial charge on any atom is -0.413 e. The molecule has 0 fully saturated rings. The molecular formula is C21H41BrO2Si. The average Bonchev–Trinajstić information content (AvgIpc) is 2.42. The first-order valence-corrected chi connectivity index (χ1v) is 13.3. The van der Waals surface area contributed by atoms with Gasteiger partial charge in [0, 0.05) is 4.83 Å². The highest BCUT2D eigenvalue weighted by atomic mass is 79.9. The predicted octanol–water partition coefficient (Wildman–Crippen LogP) is 7.00. The fourth-order valence-corrected chi connectivity index (χ4v) is 3.23. The van der Waals surface area contributed by atoms with Crippen molar-refractivity contribution in [3.05, 3.63) is 23.3 Å². The Kier molecular flexibility index (Phi) is 10.5. The Bertz CT molecular complexity index is 453. The van der Waals surface area contributed by atoms with Crippen LogP contribution in [0.4, 0.5) is 0 Å². The van der Waals surface area contributed by atoms with E-state index in [-0.39, 0.29) is 9.87 Å². The number of hydrogen-bond acceptors (Lipinski definition) is 2. The maximum absolute atomic E-state index is 9.95. The molecule has 0 amide bonds. The van der Waals surface area contributed by atoms with Crippen LogP contribution in [-0.2, 0) is 4.43 Å².